The maximum absolute atomic E-state index is 5.67. The molecule has 2 aliphatic rings. The number of nitrogens with zero attached hydrogens (tertiary/aromatic N) is 4. The second kappa shape index (κ2) is 11.5. The van der Waals surface area contributed by atoms with Crippen LogP contribution in [0, 0.1) is 13.3 Å². The van der Waals surface area contributed by atoms with Crippen molar-refractivity contribution in [2.75, 3.05) is 28.2 Å². The van der Waals surface area contributed by atoms with Crippen molar-refractivity contribution in [3.63, 3.8) is 0 Å². The molecule has 0 amide bonds. The van der Waals surface area contributed by atoms with Gasteiger partial charge in [-0.25, -0.2) is 0 Å². The summed E-state index contributed by atoms with van der Waals surface area (Å²) in [4.78, 5) is 8.00. The van der Waals surface area contributed by atoms with Crippen LogP contribution in [0.2, 0.25) is 0 Å². The van der Waals surface area contributed by atoms with Crippen molar-refractivity contribution in [3.05, 3.63) is 74.0 Å². The Morgan fingerprint density at radius 1 is 0.750 bits per heavy atom. The van der Waals surface area contributed by atoms with Gasteiger partial charge in [0.05, 0.1) is 0 Å². The van der Waals surface area contributed by atoms with Gasteiger partial charge in [0.15, 0.2) is 0 Å². The molecule has 4 nitrogen and oxygen atoms in total. The van der Waals surface area contributed by atoms with Gasteiger partial charge < -0.3 is 19.6 Å². The van der Waals surface area contributed by atoms with Crippen molar-refractivity contribution in [2.45, 2.75) is 0 Å². The van der Waals surface area contributed by atoms with E-state index >= 15 is 0 Å². The van der Waals surface area contributed by atoms with Crippen LogP contribution in [0.25, 0.3) is 0 Å². The van der Waals surface area contributed by atoms with Crippen LogP contribution in [0.1, 0.15) is 5.56 Å². The third-order valence-electron chi connectivity index (χ3n) is 2.80. The Hall–Kier alpha value is -1.03. The van der Waals surface area contributed by atoms with Crippen LogP contribution >= 0.6 is 19.4 Å². The van der Waals surface area contributed by atoms with Crippen molar-refractivity contribution < 1.29 is 13.5 Å². The first kappa shape index (κ1) is 21.0. The summed E-state index contributed by atoms with van der Waals surface area (Å²) in [5.41, 5.74) is 1.12. The zero-order valence-corrected chi connectivity index (χ0v) is 17.6. The van der Waals surface area contributed by atoms with Gasteiger partial charge >= 0.3 is 73.4 Å². The van der Waals surface area contributed by atoms with Gasteiger partial charge in [-0.15, -0.1) is 0 Å². The monoisotopic (exact) mass is 456 g/mol. The molecule has 24 heavy (non-hydrogen) atoms. The fourth-order valence-electron chi connectivity index (χ4n) is 1.76. The van der Waals surface area contributed by atoms with E-state index in [2.05, 4.69) is 0 Å². The van der Waals surface area contributed by atoms with Crippen LogP contribution in [-0.4, -0.2) is 52.4 Å². The Morgan fingerprint density at radius 2 is 1.12 bits per heavy atom. The van der Waals surface area contributed by atoms with Crippen molar-refractivity contribution in [1.82, 2.24) is 19.6 Å². The summed E-state index contributed by atoms with van der Waals surface area (Å²) >= 11 is -1.61. The summed E-state index contributed by atoms with van der Waals surface area (Å²) in [5.74, 6) is 0. The Labute approximate surface area is 159 Å². The summed E-state index contributed by atoms with van der Waals surface area (Å²) in [6.45, 7) is 4.00. The van der Waals surface area contributed by atoms with Gasteiger partial charge in [-0.2, -0.15) is 13.3 Å². The Morgan fingerprint density at radius 3 is 1.38 bits per heavy atom. The Kier molecular flexibility index (Phi) is 10.1. The van der Waals surface area contributed by atoms with Crippen molar-refractivity contribution in [2.24, 2.45) is 0 Å². The fraction of sp³-hybridized carbons (Fsp3) is 0.235. The fourth-order valence-corrected chi connectivity index (χ4v) is 3.59. The second-order valence-electron chi connectivity index (χ2n) is 5.21. The molecule has 0 atom stereocenters. The number of benzene rings is 1. The number of rotatable bonds is 1. The van der Waals surface area contributed by atoms with E-state index in [-0.39, 0.29) is 0 Å². The van der Waals surface area contributed by atoms with Gasteiger partial charge in [0.25, 0.3) is 0 Å². The third kappa shape index (κ3) is 9.97. The molecule has 0 aliphatic carbocycles. The molecule has 136 valence electrons. The first-order valence-electron chi connectivity index (χ1n) is 7.19. The summed E-state index contributed by atoms with van der Waals surface area (Å²) in [6, 6.07) is 9.89. The van der Waals surface area contributed by atoms with E-state index in [1.54, 1.807) is 0 Å². The van der Waals surface area contributed by atoms with E-state index in [4.69, 9.17) is 19.4 Å². The van der Waals surface area contributed by atoms with E-state index < -0.39 is 13.5 Å². The minimum absolute atomic E-state index is 1.12. The predicted molar refractivity (Wildman–Crippen MR) is 101 cm³/mol. The molecule has 0 spiro atoms. The molecule has 0 saturated heterocycles. The molecule has 0 aromatic heterocycles. The Balaban J connectivity index is 0.000000185. The van der Waals surface area contributed by atoms with Gasteiger partial charge in [0, 0.05) is 0 Å². The summed E-state index contributed by atoms with van der Waals surface area (Å²) in [5, 5.41) is 0. The molecular formula is C17H24Cl2N4Ru-2. The quantitative estimate of drug-likeness (QED) is 0.472. The zero-order valence-electron chi connectivity index (χ0n) is 14.3. The van der Waals surface area contributed by atoms with Crippen molar-refractivity contribution in [1.29, 1.82) is 0 Å². The summed E-state index contributed by atoms with van der Waals surface area (Å²) < 4.78 is 1.92. The molecule has 0 N–H and O–H groups in total. The van der Waals surface area contributed by atoms with Gasteiger partial charge in [0.1, 0.15) is 0 Å². The molecule has 0 radical (unpaired) electrons. The van der Waals surface area contributed by atoms with Gasteiger partial charge in [0.2, 0.25) is 0 Å². The van der Waals surface area contributed by atoms with Crippen LogP contribution in [0.4, 0.5) is 0 Å². The van der Waals surface area contributed by atoms with Gasteiger partial charge in [-0.3, -0.25) is 0 Å². The molecular weight excluding hydrogens is 432 g/mol. The number of hydrogen-bond acceptors (Lipinski definition) is 4. The van der Waals surface area contributed by atoms with E-state index in [0.29, 0.717) is 0 Å². The number of halogens is 2. The average molecular weight is 456 g/mol. The average Bonchev–Trinajstić information content (AvgIpc) is 3.08. The normalized spacial score (nSPS) is 15.7. The molecule has 1 aromatic carbocycles. The molecule has 0 fully saturated rings. The topological polar surface area (TPSA) is 13.0 Å². The predicted octanol–water partition coefficient (Wildman–Crippen LogP) is 3.67. The van der Waals surface area contributed by atoms with Gasteiger partial charge in [-0.05, 0) is 53.0 Å². The molecule has 0 bridgehead atoms. The molecule has 0 unspecified atom stereocenters. The molecule has 2 heterocycles. The van der Waals surface area contributed by atoms with Crippen LogP contribution < -0.4 is 0 Å². The van der Waals surface area contributed by atoms with E-state index in [0.717, 1.165) is 5.56 Å². The van der Waals surface area contributed by atoms with Crippen LogP contribution in [0.5, 0.6) is 0 Å². The molecule has 7 heteroatoms. The summed E-state index contributed by atoms with van der Waals surface area (Å²) in [7, 11) is 19.3. The van der Waals surface area contributed by atoms with E-state index in [9.17, 15) is 0 Å². The van der Waals surface area contributed by atoms with Crippen LogP contribution in [0.15, 0.2) is 55.1 Å². The van der Waals surface area contributed by atoms with Crippen molar-refractivity contribution in [3.8, 4) is 0 Å². The van der Waals surface area contributed by atoms with E-state index in [1.165, 1.54) is 0 Å². The van der Waals surface area contributed by atoms with Gasteiger partial charge in [-0.1, -0.05) is 0 Å². The molecule has 3 rings (SSSR count). The SMILES string of the molecule is CN1C=CN(C)[CH-]1.CN1C=CN(C)[CH-]1.[Cl][Ru]([Cl])=[CH]c1ccccc1. The second-order valence-corrected chi connectivity index (χ2v) is 10.9. The molecule has 1 aromatic rings. The standard InChI is InChI=1S/C7H6.2C5H9N2.2ClH.Ru/c1-7-5-3-2-4-6-7;2*1-6-3-4-7(2)5-6;;;/h1-6H;2*3-5H,1-2H3;2*1H;/q;2*-1;;;+2/p-2. The van der Waals surface area contributed by atoms with Crippen LogP contribution in [0.3, 0.4) is 0 Å². The van der Waals surface area contributed by atoms with Crippen molar-refractivity contribution >= 4 is 24.0 Å². The number of hydrogen-bond donors (Lipinski definition) is 0. The summed E-state index contributed by atoms with van der Waals surface area (Å²) in [6.07, 6.45) is 8.00. The Bertz CT molecular complexity index is 515. The molecule has 0 saturated carbocycles. The first-order chi connectivity index (χ1) is 11.4. The van der Waals surface area contributed by atoms with Crippen LogP contribution in [-0.2, 0) is 13.5 Å². The third-order valence-corrected chi connectivity index (χ3v) is 4.67. The maximum atomic E-state index is 5.67. The van der Waals surface area contributed by atoms with E-state index in [1.807, 2.05) is 121 Å². The first-order valence-corrected chi connectivity index (χ1v) is 12.7. The zero-order chi connectivity index (χ0) is 17.9. The molecule has 2 aliphatic heterocycles. The minimum atomic E-state index is -1.61.